The Morgan fingerprint density at radius 2 is 2.11 bits per heavy atom. The van der Waals surface area contributed by atoms with E-state index in [2.05, 4.69) is 35.1 Å². The van der Waals surface area contributed by atoms with Crippen molar-refractivity contribution < 1.29 is 4.79 Å². The molecule has 0 aliphatic heterocycles. The molecule has 0 aromatic heterocycles. The molecule has 0 spiro atoms. The number of rotatable bonds is 5. The van der Waals surface area contributed by atoms with E-state index in [1.807, 2.05) is 25.1 Å². The average molecular weight is 333 g/mol. The van der Waals surface area contributed by atoms with Crippen molar-refractivity contribution in [1.82, 2.24) is 5.32 Å². The molecule has 0 unspecified atom stereocenters. The molecule has 1 rings (SSSR count). The normalized spacial score (nSPS) is 11.4. The van der Waals surface area contributed by atoms with Crippen LogP contribution in [0.3, 0.4) is 0 Å². The molecule has 0 saturated heterocycles. The van der Waals surface area contributed by atoms with E-state index in [4.69, 9.17) is 11.6 Å². The highest BCUT2D eigenvalue weighted by molar-refractivity contribution is 9.10. The van der Waals surface area contributed by atoms with Gasteiger partial charge in [-0.3, -0.25) is 4.79 Å². The first kappa shape index (κ1) is 15.5. The van der Waals surface area contributed by atoms with Crippen LogP contribution >= 0.6 is 27.5 Å². The number of alkyl halides is 1. The lowest BCUT2D eigenvalue weighted by molar-refractivity contribution is 0.0935. The Morgan fingerprint density at radius 3 is 2.72 bits per heavy atom. The first-order chi connectivity index (χ1) is 8.37. The van der Waals surface area contributed by atoms with Crippen LogP contribution in [0.1, 0.15) is 36.2 Å². The van der Waals surface area contributed by atoms with Crippen LogP contribution in [0.5, 0.6) is 0 Å². The standard InChI is InChI=1S/C14H19BrClNO/c1-10-11(5-4-6-12(10)15)13(18)17-9-14(2,3)7-8-16/h4-6H,7-9H2,1-3H3,(H,17,18). The monoisotopic (exact) mass is 331 g/mol. The number of nitrogens with one attached hydrogen (secondary N) is 1. The van der Waals surface area contributed by atoms with Crippen LogP contribution in [0.2, 0.25) is 0 Å². The molecule has 100 valence electrons. The van der Waals surface area contributed by atoms with Crippen LogP contribution in [0, 0.1) is 12.3 Å². The van der Waals surface area contributed by atoms with Gasteiger partial charge < -0.3 is 5.32 Å². The van der Waals surface area contributed by atoms with E-state index in [0.29, 0.717) is 18.0 Å². The number of benzene rings is 1. The Hall–Kier alpha value is -0.540. The van der Waals surface area contributed by atoms with Crippen LogP contribution in [-0.2, 0) is 0 Å². The van der Waals surface area contributed by atoms with Crippen LogP contribution in [0.25, 0.3) is 0 Å². The van der Waals surface area contributed by atoms with Crippen LogP contribution in [-0.4, -0.2) is 18.3 Å². The molecule has 1 aromatic rings. The molecule has 0 aliphatic rings. The summed E-state index contributed by atoms with van der Waals surface area (Å²) in [6.45, 7) is 6.76. The zero-order valence-corrected chi connectivity index (χ0v) is 13.4. The second kappa shape index (κ2) is 6.58. The minimum Gasteiger partial charge on any atom is -0.351 e. The van der Waals surface area contributed by atoms with E-state index in [1.165, 1.54) is 0 Å². The summed E-state index contributed by atoms with van der Waals surface area (Å²) in [5.74, 6) is 0.579. The van der Waals surface area contributed by atoms with Gasteiger partial charge in [-0.25, -0.2) is 0 Å². The lowest BCUT2D eigenvalue weighted by Gasteiger charge is -2.24. The van der Waals surface area contributed by atoms with Crippen molar-refractivity contribution in [2.75, 3.05) is 12.4 Å². The van der Waals surface area contributed by atoms with Gasteiger partial charge in [0.1, 0.15) is 0 Å². The smallest absolute Gasteiger partial charge is 0.251 e. The molecule has 1 aromatic carbocycles. The van der Waals surface area contributed by atoms with E-state index in [-0.39, 0.29) is 11.3 Å². The molecular formula is C14H19BrClNO. The Balaban J connectivity index is 2.69. The quantitative estimate of drug-likeness (QED) is 0.807. The summed E-state index contributed by atoms with van der Waals surface area (Å²) < 4.78 is 0.954. The number of hydrogen-bond acceptors (Lipinski definition) is 1. The van der Waals surface area contributed by atoms with Gasteiger partial charge in [0.05, 0.1) is 0 Å². The van der Waals surface area contributed by atoms with Gasteiger partial charge in [0, 0.05) is 22.5 Å². The van der Waals surface area contributed by atoms with Gasteiger partial charge in [-0.05, 0) is 36.5 Å². The summed E-state index contributed by atoms with van der Waals surface area (Å²) in [6, 6.07) is 5.64. The van der Waals surface area contributed by atoms with E-state index in [9.17, 15) is 4.79 Å². The van der Waals surface area contributed by atoms with Gasteiger partial charge in [-0.1, -0.05) is 35.8 Å². The molecular weight excluding hydrogens is 314 g/mol. The average Bonchev–Trinajstić information content (AvgIpc) is 2.30. The van der Waals surface area contributed by atoms with Gasteiger partial charge in [-0.15, -0.1) is 11.6 Å². The molecule has 18 heavy (non-hydrogen) atoms. The predicted molar refractivity (Wildman–Crippen MR) is 80.3 cm³/mol. The molecule has 0 saturated carbocycles. The summed E-state index contributed by atoms with van der Waals surface area (Å²) >= 11 is 9.18. The van der Waals surface area contributed by atoms with Crippen molar-refractivity contribution in [3.63, 3.8) is 0 Å². The van der Waals surface area contributed by atoms with E-state index >= 15 is 0 Å². The van der Waals surface area contributed by atoms with Crippen molar-refractivity contribution in [3.05, 3.63) is 33.8 Å². The molecule has 1 amide bonds. The SMILES string of the molecule is Cc1c(Br)cccc1C(=O)NCC(C)(C)CCCl. The van der Waals surface area contributed by atoms with Crippen molar-refractivity contribution in [2.24, 2.45) is 5.41 Å². The first-order valence-electron chi connectivity index (χ1n) is 5.97. The Labute approximate surface area is 122 Å². The maximum absolute atomic E-state index is 12.1. The van der Waals surface area contributed by atoms with Gasteiger partial charge in [0.2, 0.25) is 0 Å². The number of hydrogen-bond donors (Lipinski definition) is 1. The Bertz CT molecular complexity index is 432. The summed E-state index contributed by atoms with van der Waals surface area (Å²) in [4.78, 5) is 12.1. The number of amides is 1. The number of halogens is 2. The Morgan fingerprint density at radius 1 is 1.44 bits per heavy atom. The third-order valence-corrected chi connectivity index (χ3v) is 4.06. The molecule has 0 radical (unpaired) electrons. The molecule has 0 bridgehead atoms. The minimum atomic E-state index is -0.0311. The first-order valence-corrected chi connectivity index (χ1v) is 7.29. The van der Waals surface area contributed by atoms with Crippen LogP contribution in [0.4, 0.5) is 0 Å². The number of carbonyl (C=O) groups is 1. The summed E-state index contributed by atoms with van der Waals surface area (Å²) in [5, 5.41) is 2.97. The van der Waals surface area contributed by atoms with E-state index in [1.54, 1.807) is 0 Å². The third kappa shape index (κ3) is 4.29. The molecule has 0 atom stereocenters. The summed E-state index contributed by atoms with van der Waals surface area (Å²) in [5.41, 5.74) is 1.70. The van der Waals surface area contributed by atoms with E-state index in [0.717, 1.165) is 16.5 Å². The second-order valence-corrected chi connectivity index (χ2v) is 6.43. The molecule has 0 aliphatic carbocycles. The second-order valence-electron chi connectivity index (χ2n) is 5.20. The van der Waals surface area contributed by atoms with Crippen LogP contribution < -0.4 is 5.32 Å². The van der Waals surface area contributed by atoms with Crippen molar-refractivity contribution >= 4 is 33.4 Å². The van der Waals surface area contributed by atoms with Gasteiger partial charge in [0.25, 0.3) is 5.91 Å². The summed E-state index contributed by atoms with van der Waals surface area (Å²) in [7, 11) is 0. The zero-order chi connectivity index (χ0) is 13.8. The topological polar surface area (TPSA) is 29.1 Å². The molecule has 0 fully saturated rings. The summed E-state index contributed by atoms with van der Waals surface area (Å²) in [6.07, 6.45) is 0.881. The van der Waals surface area contributed by atoms with Crippen molar-refractivity contribution in [3.8, 4) is 0 Å². The minimum absolute atomic E-state index is 0.0251. The molecule has 4 heteroatoms. The van der Waals surface area contributed by atoms with Crippen molar-refractivity contribution in [1.29, 1.82) is 0 Å². The number of carbonyl (C=O) groups excluding carboxylic acids is 1. The van der Waals surface area contributed by atoms with Crippen LogP contribution in [0.15, 0.2) is 22.7 Å². The fraction of sp³-hybridized carbons (Fsp3) is 0.500. The lowest BCUT2D eigenvalue weighted by atomic mass is 9.90. The maximum atomic E-state index is 12.1. The fourth-order valence-electron chi connectivity index (χ4n) is 1.61. The highest BCUT2D eigenvalue weighted by Gasteiger charge is 2.19. The predicted octanol–water partition coefficient (Wildman–Crippen LogP) is 4.14. The lowest BCUT2D eigenvalue weighted by Crippen LogP contribution is -2.34. The molecule has 2 nitrogen and oxygen atoms in total. The third-order valence-electron chi connectivity index (χ3n) is 3.01. The highest BCUT2D eigenvalue weighted by atomic mass is 79.9. The van der Waals surface area contributed by atoms with Gasteiger partial charge in [-0.2, -0.15) is 0 Å². The zero-order valence-electron chi connectivity index (χ0n) is 11.0. The Kier molecular flexibility index (Phi) is 5.67. The van der Waals surface area contributed by atoms with Gasteiger partial charge >= 0.3 is 0 Å². The van der Waals surface area contributed by atoms with Gasteiger partial charge in [0.15, 0.2) is 0 Å². The molecule has 0 heterocycles. The van der Waals surface area contributed by atoms with E-state index < -0.39 is 0 Å². The highest BCUT2D eigenvalue weighted by Crippen LogP contribution is 2.21. The van der Waals surface area contributed by atoms with Crippen molar-refractivity contribution in [2.45, 2.75) is 27.2 Å². The largest absolute Gasteiger partial charge is 0.351 e. The molecule has 1 N–H and O–H groups in total. The fourth-order valence-corrected chi connectivity index (χ4v) is 2.49. The maximum Gasteiger partial charge on any atom is 0.251 e.